The first-order valence-electron chi connectivity index (χ1n) is 16.3. The van der Waals surface area contributed by atoms with Crippen LogP contribution in [-0.4, -0.2) is 114 Å². The summed E-state index contributed by atoms with van der Waals surface area (Å²) in [6.07, 6.45) is -4.11. The van der Waals surface area contributed by atoms with Gasteiger partial charge in [0.2, 0.25) is 0 Å². The smallest absolute Gasteiger partial charge is 0.311 e. The summed E-state index contributed by atoms with van der Waals surface area (Å²) < 4.78 is 5.67. The molecule has 0 radical (unpaired) electrons. The summed E-state index contributed by atoms with van der Waals surface area (Å²) in [4.78, 5) is 16.9. The van der Waals surface area contributed by atoms with Crippen molar-refractivity contribution in [1.29, 1.82) is 5.26 Å². The number of aliphatic hydroxyl groups is 5. The van der Waals surface area contributed by atoms with E-state index in [1.807, 2.05) is 42.2 Å². The molecular formula is C34H56N4O7S. The van der Waals surface area contributed by atoms with E-state index in [0.29, 0.717) is 37.7 Å². The Balaban J connectivity index is 2.32. The van der Waals surface area contributed by atoms with Gasteiger partial charge in [0.1, 0.15) is 24.4 Å². The van der Waals surface area contributed by atoms with Crippen molar-refractivity contribution >= 4 is 23.3 Å². The van der Waals surface area contributed by atoms with E-state index in [4.69, 9.17) is 17.0 Å². The van der Waals surface area contributed by atoms with Crippen LogP contribution in [0.3, 0.4) is 0 Å². The van der Waals surface area contributed by atoms with E-state index >= 15 is 0 Å². The molecule has 1 aromatic rings. The highest BCUT2D eigenvalue weighted by Crippen LogP contribution is 2.32. The van der Waals surface area contributed by atoms with E-state index in [-0.39, 0.29) is 25.3 Å². The van der Waals surface area contributed by atoms with Gasteiger partial charge < -0.3 is 40.5 Å². The molecule has 1 saturated heterocycles. The summed E-state index contributed by atoms with van der Waals surface area (Å²) in [5.74, 6) is -2.86. The highest BCUT2D eigenvalue weighted by molar-refractivity contribution is 7.80. The maximum atomic E-state index is 13.1. The third kappa shape index (κ3) is 10.6. The van der Waals surface area contributed by atoms with Crippen molar-refractivity contribution in [1.82, 2.24) is 15.1 Å². The summed E-state index contributed by atoms with van der Waals surface area (Å²) in [7, 11) is 0. The van der Waals surface area contributed by atoms with E-state index in [2.05, 4.69) is 11.4 Å². The van der Waals surface area contributed by atoms with Crippen molar-refractivity contribution in [3.8, 4) is 6.07 Å². The molecular weight excluding hydrogens is 608 g/mol. The number of hydrogen-bond acceptors (Lipinski definition) is 10. The molecule has 1 aliphatic heterocycles. The third-order valence-corrected chi connectivity index (χ3v) is 9.89. The summed E-state index contributed by atoms with van der Waals surface area (Å²) in [5.41, 5.74) is -2.36. The van der Waals surface area contributed by atoms with Gasteiger partial charge in [-0.2, -0.15) is 5.26 Å². The third-order valence-electron chi connectivity index (χ3n) is 9.49. The number of cyclic esters (lactones) is 1. The lowest BCUT2D eigenvalue weighted by atomic mass is 9.78. The minimum atomic E-state index is -1.83. The summed E-state index contributed by atoms with van der Waals surface area (Å²) in [6.45, 7) is 13.4. The molecule has 0 bridgehead atoms. The summed E-state index contributed by atoms with van der Waals surface area (Å²) in [6, 6.07) is 11.4. The normalized spacial score (nSPS) is 35.2. The van der Waals surface area contributed by atoms with Gasteiger partial charge in [0.25, 0.3) is 0 Å². The molecule has 12 heteroatoms. The van der Waals surface area contributed by atoms with Crippen LogP contribution in [0, 0.1) is 29.1 Å². The zero-order valence-electron chi connectivity index (χ0n) is 28.5. The molecule has 46 heavy (non-hydrogen) atoms. The van der Waals surface area contributed by atoms with Crippen molar-refractivity contribution in [2.45, 2.75) is 116 Å². The number of aliphatic hydroxyl groups excluding tert-OH is 3. The highest BCUT2D eigenvalue weighted by atomic mass is 32.1. The van der Waals surface area contributed by atoms with Gasteiger partial charge in [0, 0.05) is 38.1 Å². The predicted octanol–water partition coefficient (Wildman–Crippen LogP) is 2.19. The first kappa shape index (κ1) is 39.8. The van der Waals surface area contributed by atoms with Crippen molar-refractivity contribution in [3.05, 3.63) is 35.9 Å². The number of rotatable bonds is 8. The lowest BCUT2D eigenvalue weighted by Gasteiger charge is -2.43. The van der Waals surface area contributed by atoms with Gasteiger partial charge in [-0.3, -0.25) is 9.69 Å². The number of nitrogens with one attached hydrogen (secondary N) is 1. The van der Waals surface area contributed by atoms with Gasteiger partial charge >= 0.3 is 5.97 Å². The number of carbonyl (C=O) groups is 1. The standard InChI is InChI=1S/C34H56N4O7S/c1-8-27-34(7,44)30(41)25(5)38(17-12-16-37(18-15-35)32(46)36-20-26-13-10-9-11-14-26)21-22(2)19-33(6,43)29(40)23(3)28(39)24(4)31(42)45-27/h9-11,13-14,22-25,27-30,39-41,43-44H,8,12,16-21H2,1-7H3,(H,36,46)/t22-,23+,24-,25-,27-,28+,29-,30-,33-,34-/m1/s1. The largest absolute Gasteiger partial charge is 0.459 e. The zero-order valence-corrected chi connectivity index (χ0v) is 29.3. The monoisotopic (exact) mass is 664 g/mol. The van der Waals surface area contributed by atoms with Gasteiger partial charge in [0.15, 0.2) is 5.11 Å². The fraction of sp³-hybridized carbons (Fsp3) is 0.735. The van der Waals surface area contributed by atoms with Gasteiger partial charge in [-0.05, 0) is 70.7 Å². The summed E-state index contributed by atoms with van der Waals surface area (Å²) in [5, 5.41) is 69.7. The SMILES string of the molecule is CC[C@H]1OC(=O)[C@H](C)[C@@H](O)[C@H](C)[C@@H](O)[C@](C)(O)C[C@@H](C)CN(CCCN(CC#N)C(=S)NCc2ccccc2)[C@H](C)[C@@H](O)[C@]1(C)O. The lowest BCUT2D eigenvalue weighted by molar-refractivity contribution is -0.193. The van der Waals surface area contributed by atoms with Crippen LogP contribution in [-0.2, 0) is 16.1 Å². The van der Waals surface area contributed by atoms with E-state index in [9.17, 15) is 35.6 Å². The van der Waals surface area contributed by atoms with Crippen molar-refractivity contribution in [2.75, 3.05) is 26.2 Å². The number of carbonyl (C=O) groups excluding carboxylic acids is 1. The molecule has 0 saturated carbocycles. The molecule has 1 heterocycles. The van der Waals surface area contributed by atoms with E-state index in [0.717, 1.165) is 5.56 Å². The fourth-order valence-electron chi connectivity index (χ4n) is 6.53. The molecule has 2 rings (SSSR count). The maximum absolute atomic E-state index is 13.1. The van der Waals surface area contributed by atoms with Crippen LogP contribution in [0.2, 0.25) is 0 Å². The van der Waals surface area contributed by atoms with Gasteiger partial charge in [0.05, 0.1) is 29.8 Å². The van der Waals surface area contributed by atoms with Crippen LogP contribution in [0.4, 0.5) is 0 Å². The molecule has 6 N–H and O–H groups in total. The second kappa shape index (κ2) is 17.7. The Morgan fingerprint density at radius 2 is 1.76 bits per heavy atom. The highest BCUT2D eigenvalue weighted by Gasteiger charge is 2.47. The molecule has 0 unspecified atom stereocenters. The number of ether oxygens (including phenoxy) is 1. The molecule has 0 aliphatic carbocycles. The minimum Gasteiger partial charge on any atom is -0.459 e. The number of thiocarbonyl (C=S) groups is 1. The molecule has 1 aromatic carbocycles. The van der Waals surface area contributed by atoms with Crippen LogP contribution < -0.4 is 5.32 Å². The second-order valence-electron chi connectivity index (χ2n) is 13.6. The summed E-state index contributed by atoms with van der Waals surface area (Å²) >= 11 is 5.60. The number of benzene rings is 1. The Kier molecular flexibility index (Phi) is 15.3. The van der Waals surface area contributed by atoms with Crippen LogP contribution in [0.5, 0.6) is 0 Å². The molecule has 1 aliphatic rings. The Bertz CT molecular complexity index is 1150. The average molecular weight is 665 g/mol. The molecule has 0 spiro atoms. The maximum Gasteiger partial charge on any atom is 0.311 e. The van der Waals surface area contributed by atoms with Crippen molar-refractivity contribution in [3.63, 3.8) is 0 Å². The fourth-order valence-corrected chi connectivity index (χ4v) is 6.76. The minimum absolute atomic E-state index is 0.0939. The van der Waals surface area contributed by atoms with Gasteiger partial charge in [-0.15, -0.1) is 0 Å². The molecule has 11 nitrogen and oxygen atoms in total. The number of nitriles is 1. The number of hydrogen-bond donors (Lipinski definition) is 6. The van der Waals surface area contributed by atoms with E-state index in [1.165, 1.54) is 20.8 Å². The van der Waals surface area contributed by atoms with Crippen LogP contribution in [0.1, 0.15) is 73.3 Å². The quantitative estimate of drug-likeness (QED) is 0.136. The Morgan fingerprint density at radius 3 is 2.35 bits per heavy atom. The van der Waals surface area contributed by atoms with Crippen molar-refractivity contribution < 1.29 is 35.1 Å². The Morgan fingerprint density at radius 1 is 1.13 bits per heavy atom. The molecule has 10 atom stereocenters. The Hall–Kier alpha value is -2.37. The molecule has 0 amide bonds. The van der Waals surface area contributed by atoms with Gasteiger partial charge in [-0.25, -0.2) is 0 Å². The first-order chi connectivity index (χ1) is 21.5. The van der Waals surface area contributed by atoms with Crippen LogP contribution in [0.15, 0.2) is 30.3 Å². The van der Waals surface area contributed by atoms with E-state index < -0.39 is 59.5 Å². The predicted molar refractivity (Wildman–Crippen MR) is 180 cm³/mol. The lowest BCUT2D eigenvalue weighted by Crippen LogP contribution is -2.59. The first-order valence-corrected chi connectivity index (χ1v) is 16.8. The van der Waals surface area contributed by atoms with Crippen LogP contribution >= 0.6 is 12.2 Å². The molecule has 1 fully saturated rings. The average Bonchev–Trinajstić information content (AvgIpc) is 3.02. The van der Waals surface area contributed by atoms with Crippen LogP contribution in [0.25, 0.3) is 0 Å². The molecule has 0 aromatic heterocycles. The van der Waals surface area contributed by atoms with E-state index in [1.54, 1.807) is 25.7 Å². The number of nitrogens with zero attached hydrogens (tertiary/aromatic N) is 3. The second-order valence-corrected chi connectivity index (χ2v) is 14.0. The number of esters is 1. The Labute approximate surface area is 280 Å². The topological polar surface area (TPSA) is 170 Å². The molecule has 260 valence electrons. The van der Waals surface area contributed by atoms with Gasteiger partial charge in [-0.1, -0.05) is 51.1 Å². The zero-order chi connectivity index (χ0) is 34.8. The van der Waals surface area contributed by atoms with Crippen molar-refractivity contribution in [2.24, 2.45) is 17.8 Å².